The number of ether oxygens (including phenoxy) is 1. The maximum absolute atomic E-state index is 10.4. The van der Waals surface area contributed by atoms with Gasteiger partial charge in [-0.2, -0.15) is 0 Å². The minimum Gasteiger partial charge on any atom is -0.393 e. The fourth-order valence-corrected chi connectivity index (χ4v) is 10.6. The highest BCUT2D eigenvalue weighted by molar-refractivity contribution is 5.28. The van der Waals surface area contributed by atoms with Gasteiger partial charge in [0.1, 0.15) is 0 Å². The molecule has 6 saturated carbocycles. The third-order valence-electron chi connectivity index (χ3n) is 11.7. The monoisotopic (exact) mass is 372 g/mol. The van der Waals surface area contributed by atoms with Gasteiger partial charge in [-0.1, -0.05) is 13.8 Å². The summed E-state index contributed by atoms with van der Waals surface area (Å²) >= 11 is 0. The van der Waals surface area contributed by atoms with Crippen LogP contribution in [0.3, 0.4) is 0 Å². The van der Waals surface area contributed by atoms with Crippen molar-refractivity contribution in [1.82, 2.24) is 0 Å². The fourth-order valence-electron chi connectivity index (χ4n) is 10.6. The van der Waals surface area contributed by atoms with E-state index in [1.165, 1.54) is 32.1 Å². The summed E-state index contributed by atoms with van der Waals surface area (Å²) < 4.78 is 6.43. The van der Waals surface area contributed by atoms with Crippen molar-refractivity contribution in [2.45, 2.75) is 89.6 Å². The Morgan fingerprint density at radius 3 is 2.41 bits per heavy atom. The summed E-state index contributed by atoms with van der Waals surface area (Å²) in [5.74, 6) is 6.85. The summed E-state index contributed by atoms with van der Waals surface area (Å²) in [6, 6.07) is 0. The molecule has 0 amide bonds. The van der Waals surface area contributed by atoms with Gasteiger partial charge in [0.15, 0.2) is 6.29 Å². The van der Waals surface area contributed by atoms with Crippen LogP contribution in [0, 0.1) is 58.2 Å². The third kappa shape index (κ3) is 1.75. The highest BCUT2D eigenvalue weighted by Gasteiger charge is 2.80. The van der Waals surface area contributed by atoms with Crippen LogP contribution >= 0.6 is 0 Å². The molecule has 7 fully saturated rings. The van der Waals surface area contributed by atoms with E-state index in [9.17, 15) is 10.2 Å². The van der Waals surface area contributed by atoms with E-state index in [2.05, 4.69) is 13.8 Å². The minimum atomic E-state index is -0.513. The average Bonchev–Trinajstić information content (AvgIpc) is 3.53. The highest BCUT2D eigenvalue weighted by atomic mass is 16.6. The first-order valence-corrected chi connectivity index (χ1v) is 11.9. The zero-order valence-corrected chi connectivity index (χ0v) is 16.9. The lowest BCUT2D eigenvalue weighted by molar-refractivity contribution is -0.218. The van der Waals surface area contributed by atoms with Crippen LogP contribution in [0.1, 0.15) is 71.6 Å². The Labute approximate surface area is 163 Å². The Kier molecular flexibility index (Phi) is 2.95. The number of hydrogen-bond donors (Lipinski definition) is 2. The standard InChI is InChI=1S/C24H36O3/c1-22-6-3-12(25)9-17(22)13-10-14(13)20-16(22)4-7-23(2)21(20)15-11-18(15)24(23)8-5-19(26)27-24/h12-21,25-26H,3-11H2,1-2H3/t12-,13+,14-,15+,16?,17?,18-,19?,20?,21?,22+,23-,24-/m0/s1. The molecule has 7 rings (SSSR count). The van der Waals surface area contributed by atoms with Gasteiger partial charge in [0, 0.05) is 11.8 Å². The number of aliphatic hydroxyl groups excluding tert-OH is 2. The molecule has 0 bridgehead atoms. The predicted octanol–water partition coefficient (Wildman–Crippen LogP) is 3.97. The van der Waals surface area contributed by atoms with Crippen molar-refractivity contribution in [3.63, 3.8) is 0 Å². The number of rotatable bonds is 0. The summed E-state index contributed by atoms with van der Waals surface area (Å²) in [5.41, 5.74) is 0.764. The second-order valence-corrected chi connectivity index (χ2v) is 12.3. The van der Waals surface area contributed by atoms with E-state index in [1.807, 2.05) is 0 Å². The quantitative estimate of drug-likeness (QED) is 0.676. The summed E-state index contributed by atoms with van der Waals surface area (Å²) in [6.07, 6.45) is 10.2. The summed E-state index contributed by atoms with van der Waals surface area (Å²) in [4.78, 5) is 0. The van der Waals surface area contributed by atoms with Crippen molar-refractivity contribution >= 4 is 0 Å². The van der Waals surface area contributed by atoms with Crippen molar-refractivity contribution in [3.8, 4) is 0 Å². The molecule has 2 N–H and O–H groups in total. The van der Waals surface area contributed by atoms with E-state index >= 15 is 0 Å². The molecule has 1 aliphatic heterocycles. The van der Waals surface area contributed by atoms with Gasteiger partial charge < -0.3 is 14.9 Å². The van der Waals surface area contributed by atoms with E-state index in [0.29, 0.717) is 10.8 Å². The minimum absolute atomic E-state index is 0.00236. The van der Waals surface area contributed by atoms with E-state index in [1.54, 1.807) is 0 Å². The second kappa shape index (κ2) is 4.78. The van der Waals surface area contributed by atoms with E-state index in [-0.39, 0.29) is 11.7 Å². The molecule has 13 atom stereocenters. The predicted molar refractivity (Wildman–Crippen MR) is 102 cm³/mol. The van der Waals surface area contributed by atoms with Crippen molar-refractivity contribution in [2.75, 3.05) is 0 Å². The molecule has 5 unspecified atom stereocenters. The maximum Gasteiger partial charge on any atom is 0.155 e. The molecule has 0 aromatic rings. The number of aliphatic hydroxyl groups is 2. The van der Waals surface area contributed by atoms with Crippen molar-refractivity contribution < 1.29 is 14.9 Å². The van der Waals surface area contributed by atoms with E-state index in [0.717, 1.165) is 73.0 Å². The SMILES string of the molecule is C[C@]12CC[C@H](O)CC1[C@@H]1C[C@@H]1C1C2CC[C@@]2(C)C1[C@@H]1C[C@@H]1[C@@]21CCC(O)O1. The first-order chi connectivity index (χ1) is 12.9. The molecular formula is C24H36O3. The van der Waals surface area contributed by atoms with Gasteiger partial charge in [-0.15, -0.1) is 0 Å². The summed E-state index contributed by atoms with van der Waals surface area (Å²) in [7, 11) is 0. The Bertz CT molecular complexity index is 693. The lowest BCUT2D eigenvalue weighted by Gasteiger charge is -2.62. The Balaban J connectivity index is 1.29. The van der Waals surface area contributed by atoms with Gasteiger partial charge in [-0.25, -0.2) is 0 Å². The largest absolute Gasteiger partial charge is 0.393 e. The molecule has 1 heterocycles. The topological polar surface area (TPSA) is 49.7 Å². The molecule has 0 radical (unpaired) electrons. The molecule has 1 saturated heterocycles. The van der Waals surface area contributed by atoms with Crippen molar-refractivity contribution in [2.24, 2.45) is 58.2 Å². The highest BCUT2D eigenvalue weighted by Crippen LogP contribution is 2.82. The lowest BCUT2D eigenvalue weighted by Crippen LogP contribution is -2.59. The van der Waals surface area contributed by atoms with Gasteiger partial charge in [0.25, 0.3) is 0 Å². The summed E-state index contributed by atoms with van der Waals surface area (Å²) in [5, 5.41) is 20.6. The molecule has 3 heteroatoms. The van der Waals surface area contributed by atoms with Crippen LogP contribution in [-0.2, 0) is 4.74 Å². The van der Waals surface area contributed by atoms with Crippen LogP contribution in [0.25, 0.3) is 0 Å². The van der Waals surface area contributed by atoms with Crippen LogP contribution in [0.2, 0.25) is 0 Å². The zero-order valence-electron chi connectivity index (χ0n) is 16.9. The van der Waals surface area contributed by atoms with E-state index < -0.39 is 6.29 Å². The van der Waals surface area contributed by atoms with E-state index in [4.69, 9.17) is 4.74 Å². The van der Waals surface area contributed by atoms with Gasteiger partial charge in [0.05, 0.1) is 11.7 Å². The zero-order chi connectivity index (χ0) is 18.3. The molecule has 150 valence electrons. The van der Waals surface area contributed by atoms with Crippen molar-refractivity contribution in [1.29, 1.82) is 0 Å². The van der Waals surface area contributed by atoms with Gasteiger partial charge >= 0.3 is 0 Å². The van der Waals surface area contributed by atoms with Gasteiger partial charge in [-0.3, -0.25) is 0 Å². The molecule has 7 aliphatic rings. The smallest absolute Gasteiger partial charge is 0.155 e. The van der Waals surface area contributed by atoms with Crippen LogP contribution in [0.4, 0.5) is 0 Å². The molecular weight excluding hydrogens is 336 g/mol. The Hall–Kier alpha value is -0.120. The van der Waals surface area contributed by atoms with Gasteiger partial charge in [-0.05, 0) is 104 Å². The average molecular weight is 373 g/mol. The van der Waals surface area contributed by atoms with Crippen LogP contribution < -0.4 is 0 Å². The molecule has 3 nitrogen and oxygen atoms in total. The van der Waals surface area contributed by atoms with Crippen LogP contribution in [0.15, 0.2) is 0 Å². The normalized spacial score (nSPS) is 70.7. The maximum atomic E-state index is 10.4. The number of fused-ring (bicyclic) bond motifs is 12. The van der Waals surface area contributed by atoms with Gasteiger partial charge in [0.2, 0.25) is 0 Å². The second-order valence-electron chi connectivity index (χ2n) is 12.3. The molecule has 6 aliphatic carbocycles. The molecule has 0 aromatic carbocycles. The Morgan fingerprint density at radius 2 is 1.63 bits per heavy atom. The third-order valence-corrected chi connectivity index (χ3v) is 11.7. The molecule has 27 heavy (non-hydrogen) atoms. The van der Waals surface area contributed by atoms with Crippen LogP contribution in [0.5, 0.6) is 0 Å². The van der Waals surface area contributed by atoms with Crippen LogP contribution in [-0.4, -0.2) is 28.2 Å². The molecule has 0 aromatic heterocycles. The molecule has 1 spiro atoms. The lowest BCUT2D eigenvalue weighted by atomic mass is 9.43. The summed E-state index contributed by atoms with van der Waals surface area (Å²) in [6.45, 7) is 5.18. The first-order valence-electron chi connectivity index (χ1n) is 11.9. The first kappa shape index (κ1) is 16.7. The Morgan fingerprint density at radius 1 is 0.778 bits per heavy atom. The fraction of sp³-hybridized carbons (Fsp3) is 1.00. The number of hydrogen-bond acceptors (Lipinski definition) is 3. The van der Waals surface area contributed by atoms with Crippen molar-refractivity contribution in [3.05, 3.63) is 0 Å².